The molecule has 0 aliphatic carbocycles. The Morgan fingerprint density at radius 1 is 0.971 bits per heavy atom. The van der Waals surface area contributed by atoms with Gasteiger partial charge in [0.15, 0.2) is 0 Å². The molecule has 1 aliphatic heterocycles. The van der Waals surface area contributed by atoms with Crippen molar-refractivity contribution in [2.75, 3.05) is 0 Å². The van der Waals surface area contributed by atoms with Crippen LogP contribution in [0.2, 0.25) is 0 Å². The molecule has 0 saturated carbocycles. The number of nitro groups is 2. The van der Waals surface area contributed by atoms with Gasteiger partial charge in [0.2, 0.25) is 0 Å². The smallest absolute Gasteiger partial charge is 0.276 e. The average Bonchev–Trinajstić information content (AvgIpc) is 3.15. The van der Waals surface area contributed by atoms with E-state index in [-0.39, 0.29) is 48.7 Å². The Hall–Kier alpha value is -5.07. The van der Waals surface area contributed by atoms with Crippen LogP contribution in [0.25, 0.3) is 17.5 Å². The van der Waals surface area contributed by atoms with Gasteiger partial charge in [0, 0.05) is 17.7 Å². The Morgan fingerprint density at radius 2 is 1.56 bits per heavy atom. The van der Waals surface area contributed by atoms with E-state index in [1.807, 2.05) is 12.1 Å². The molecule has 34 heavy (non-hydrogen) atoms. The lowest BCUT2D eigenvalue weighted by Crippen LogP contribution is -2.38. The molecule has 2 heterocycles. The van der Waals surface area contributed by atoms with Gasteiger partial charge in [-0.05, 0) is 12.1 Å². The standard InChI is InChI=1S/C22H12N6O5S/c23-10-14-19(13-6-2-4-8-17(13)28(32)33)15(11-24)22-26(20(14)25)21(29)18(34-22)9-12-5-1-3-7-16(12)27(30)31/h1-9,19H,25H2/b18-9-/t19-/m1/s1. The number of hydrogen-bond donors (Lipinski definition) is 1. The van der Waals surface area contributed by atoms with Crippen LogP contribution in [0.15, 0.2) is 58.9 Å². The number of thiazole rings is 1. The highest BCUT2D eigenvalue weighted by atomic mass is 32.1. The highest BCUT2D eigenvalue weighted by Crippen LogP contribution is 2.39. The van der Waals surface area contributed by atoms with Gasteiger partial charge < -0.3 is 5.73 Å². The number of rotatable bonds is 4. The van der Waals surface area contributed by atoms with Gasteiger partial charge in [0.1, 0.15) is 10.5 Å². The van der Waals surface area contributed by atoms with Crippen molar-refractivity contribution < 1.29 is 9.85 Å². The molecule has 3 aromatic rings. The Bertz CT molecular complexity index is 1690. The van der Waals surface area contributed by atoms with Crippen molar-refractivity contribution in [3.63, 3.8) is 0 Å². The van der Waals surface area contributed by atoms with Crippen LogP contribution in [0.5, 0.6) is 0 Å². The predicted octanol–water partition coefficient (Wildman–Crippen LogP) is 1.68. The number of fused-ring (bicyclic) bond motifs is 1. The molecule has 0 radical (unpaired) electrons. The summed E-state index contributed by atoms with van der Waals surface area (Å²) >= 11 is 0.858. The van der Waals surface area contributed by atoms with E-state index in [0.717, 1.165) is 15.9 Å². The monoisotopic (exact) mass is 472 g/mol. The van der Waals surface area contributed by atoms with Gasteiger partial charge in [0.05, 0.1) is 49.1 Å². The molecule has 1 atom stereocenters. The van der Waals surface area contributed by atoms with Crippen LogP contribution >= 0.6 is 11.3 Å². The molecule has 1 aromatic heterocycles. The van der Waals surface area contributed by atoms with Crippen molar-refractivity contribution in [1.82, 2.24) is 4.57 Å². The second-order valence-electron chi connectivity index (χ2n) is 7.06. The van der Waals surface area contributed by atoms with Crippen LogP contribution < -0.4 is 20.5 Å². The molecular weight excluding hydrogens is 460 g/mol. The maximum absolute atomic E-state index is 13.2. The number of hydrogen-bond acceptors (Lipinski definition) is 9. The zero-order valence-corrected chi connectivity index (χ0v) is 17.9. The van der Waals surface area contributed by atoms with E-state index in [2.05, 4.69) is 0 Å². The lowest BCUT2D eigenvalue weighted by atomic mass is 9.83. The zero-order chi connectivity index (χ0) is 24.6. The number of allylic oxidation sites excluding steroid dienone is 1. The lowest BCUT2D eigenvalue weighted by molar-refractivity contribution is -0.385. The highest BCUT2D eigenvalue weighted by Gasteiger charge is 2.35. The molecule has 0 fully saturated rings. The molecule has 11 nitrogen and oxygen atoms in total. The number of para-hydroxylation sites is 2. The number of nitrogens with zero attached hydrogens (tertiary/aromatic N) is 5. The fourth-order valence-electron chi connectivity index (χ4n) is 3.78. The van der Waals surface area contributed by atoms with E-state index in [0.29, 0.717) is 0 Å². The summed E-state index contributed by atoms with van der Waals surface area (Å²) in [4.78, 5) is 34.9. The first-order valence-corrected chi connectivity index (χ1v) is 10.4. The molecule has 2 aromatic carbocycles. The molecule has 0 saturated heterocycles. The summed E-state index contributed by atoms with van der Waals surface area (Å²) < 4.78 is 1.13. The maximum atomic E-state index is 13.2. The summed E-state index contributed by atoms with van der Waals surface area (Å²) in [5.74, 6) is -1.42. The molecular formula is C22H12N6O5S. The molecule has 12 heteroatoms. The van der Waals surface area contributed by atoms with Crippen LogP contribution in [-0.4, -0.2) is 14.4 Å². The third-order valence-corrected chi connectivity index (χ3v) is 6.36. The first-order chi connectivity index (χ1) is 16.3. The van der Waals surface area contributed by atoms with E-state index >= 15 is 0 Å². The van der Waals surface area contributed by atoms with Crippen molar-refractivity contribution in [3.8, 4) is 12.1 Å². The third-order valence-electron chi connectivity index (χ3n) is 5.25. The second-order valence-corrected chi connectivity index (χ2v) is 8.09. The third kappa shape index (κ3) is 3.40. The summed E-state index contributed by atoms with van der Waals surface area (Å²) in [6, 6.07) is 15.3. The molecule has 0 spiro atoms. The number of nitriles is 2. The van der Waals surface area contributed by atoms with E-state index < -0.39 is 21.3 Å². The Kier molecular flexibility index (Phi) is 5.51. The Balaban J connectivity index is 2.10. The van der Waals surface area contributed by atoms with E-state index in [4.69, 9.17) is 5.73 Å². The zero-order valence-electron chi connectivity index (χ0n) is 17.0. The Labute approximate surface area is 194 Å². The van der Waals surface area contributed by atoms with Gasteiger partial charge in [-0.2, -0.15) is 10.5 Å². The topological polar surface area (TPSA) is 182 Å². The number of nitro benzene ring substituents is 2. The second kappa shape index (κ2) is 8.46. The largest absolute Gasteiger partial charge is 0.384 e. The van der Waals surface area contributed by atoms with Crippen LogP contribution in [-0.2, 0) is 0 Å². The molecule has 0 amide bonds. The Morgan fingerprint density at radius 3 is 2.18 bits per heavy atom. The van der Waals surface area contributed by atoms with Crippen molar-refractivity contribution in [1.29, 1.82) is 10.5 Å². The lowest BCUT2D eigenvalue weighted by Gasteiger charge is -2.22. The summed E-state index contributed by atoms with van der Waals surface area (Å²) in [5.41, 5.74) is 4.97. The number of benzene rings is 2. The predicted molar refractivity (Wildman–Crippen MR) is 122 cm³/mol. The maximum Gasteiger partial charge on any atom is 0.276 e. The van der Waals surface area contributed by atoms with Gasteiger partial charge in [-0.3, -0.25) is 29.6 Å². The normalized spacial score (nSPS) is 15.4. The van der Waals surface area contributed by atoms with E-state index in [1.54, 1.807) is 6.07 Å². The molecule has 1 aliphatic rings. The SMILES string of the molecule is N#CC1=C(N)n2c(s/c(=C\c3ccccc3[N+](=O)[O-])c2=O)=C(C#N)[C@@H]1c1ccccc1[N+](=O)[O-]. The van der Waals surface area contributed by atoms with Crippen LogP contribution in [0.4, 0.5) is 11.4 Å². The highest BCUT2D eigenvalue weighted by molar-refractivity contribution is 7.07. The first kappa shape index (κ1) is 22.1. The van der Waals surface area contributed by atoms with Gasteiger partial charge in [-0.1, -0.05) is 30.3 Å². The average molecular weight is 472 g/mol. The van der Waals surface area contributed by atoms with Crippen LogP contribution in [0, 0.1) is 42.9 Å². The van der Waals surface area contributed by atoms with E-state index in [1.165, 1.54) is 48.5 Å². The first-order valence-electron chi connectivity index (χ1n) is 9.54. The van der Waals surface area contributed by atoms with Crippen molar-refractivity contribution in [2.45, 2.75) is 5.92 Å². The minimum Gasteiger partial charge on any atom is -0.384 e. The van der Waals surface area contributed by atoms with Crippen LogP contribution in [0.3, 0.4) is 0 Å². The molecule has 2 N–H and O–H groups in total. The van der Waals surface area contributed by atoms with Gasteiger partial charge >= 0.3 is 0 Å². The fourth-order valence-corrected chi connectivity index (χ4v) is 4.90. The molecule has 4 rings (SSSR count). The summed E-state index contributed by atoms with van der Waals surface area (Å²) in [6.45, 7) is 0. The van der Waals surface area contributed by atoms with Gasteiger partial charge in [-0.25, -0.2) is 0 Å². The quantitative estimate of drug-likeness (QED) is 0.439. The molecule has 0 unspecified atom stereocenters. The minimum atomic E-state index is -1.16. The summed E-state index contributed by atoms with van der Waals surface area (Å²) in [7, 11) is 0. The van der Waals surface area contributed by atoms with Crippen LogP contribution in [0.1, 0.15) is 17.0 Å². The van der Waals surface area contributed by atoms with E-state index in [9.17, 15) is 35.5 Å². The van der Waals surface area contributed by atoms with Gasteiger partial charge in [0.25, 0.3) is 16.9 Å². The summed E-state index contributed by atoms with van der Waals surface area (Å²) in [5, 5.41) is 42.7. The molecule has 166 valence electrons. The fraction of sp³-hybridized carbons (Fsp3) is 0.0455. The van der Waals surface area contributed by atoms with Crippen molar-refractivity contribution in [2.24, 2.45) is 5.73 Å². The van der Waals surface area contributed by atoms with Crippen molar-refractivity contribution in [3.05, 3.63) is 105 Å². The molecule has 0 bridgehead atoms. The summed E-state index contributed by atoms with van der Waals surface area (Å²) in [6.07, 6.45) is 1.31. The minimum absolute atomic E-state index is 0.0421. The number of aromatic nitrogens is 1. The van der Waals surface area contributed by atoms with Crippen molar-refractivity contribution >= 4 is 40.2 Å². The number of nitrogens with two attached hydrogens (primary N) is 1. The van der Waals surface area contributed by atoms with Gasteiger partial charge in [-0.15, -0.1) is 11.3 Å².